The minimum absolute atomic E-state index is 0.0157. The number of benzene rings is 1. The molecule has 1 heterocycles. The lowest BCUT2D eigenvalue weighted by molar-refractivity contribution is -0.137. The number of halogens is 1. The summed E-state index contributed by atoms with van der Waals surface area (Å²) >= 11 is 0. The van der Waals surface area contributed by atoms with Gasteiger partial charge in [-0.3, -0.25) is 9.59 Å². The van der Waals surface area contributed by atoms with Crippen LogP contribution in [0.15, 0.2) is 24.3 Å². The van der Waals surface area contributed by atoms with Crippen molar-refractivity contribution >= 4 is 11.9 Å². The Balaban J connectivity index is 2.08. The molecule has 1 N–H and O–H groups in total. The van der Waals surface area contributed by atoms with Crippen molar-refractivity contribution in [3.8, 4) is 0 Å². The average molecular weight is 279 g/mol. The van der Waals surface area contributed by atoms with E-state index in [-0.39, 0.29) is 24.6 Å². The van der Waals surface area contributed by atoms with Crippen LogP contribution in [-0.2, 0) is 9.59 Å². The van der Waals surface area contributed by atoms with Gasteiger partial charge in [0.15, 0.2) is 0 Å². The summed E-state index contributed by atoms with van der Waals surface area (Å²) in [5.74, 6) is -1.73. The van der Waals surface area contributed by atoms with Gasteiger partial charge in [0.25, 0.3) is 0 Å². The fraction of sp³-hybridized carbons (Fsp3) is 0.467. The van der Waals surface area contributed by atoms with Gasteiger partial charge in [0.2, 0.25) is 5.91 Å². The molecule has 0 spiro atoms. The van der Waals surface area contributed by atoms with Gasteiger partial charge in [-0.15, -0.1) is 0 Å². The first-order valence-electron chi connectivity index (χ1n) is 6.81. The highest BCUT2D eigenvalue weighted by Gasteiger charge is 2.24. The number of likely N-dealkylation sites (tertiary alicyclic amines) is 1. The molecule has 5 heteroatoms. The summed E-state index contributed by atoms with van der Waals surface area (Å²) in [6, 6.07) is 5.70. The van der Waals surface area contributed by atoms with Crippen molar-refractivity contribution in [2.45, 2.75) is 31.6 Å². The summed E-state index contributed by atoms with van der Waals surface area (Å²) in [4.78, 5) is 24.9. The van der Waals surface area contributed by atoms with Crippen LogP contribution < -0.4 is 0 Å². The van der Waals surface area contributed by atoms with Gasteiger partial charge in [-0.2, -0.15) is 0 Å². The quantitative estimate of drug-likeness (QED) is 0.900. The Bertz CT molecular complexity index is 480. The molecule has 1 amide bonds. The van der Waals surface area contributed by atoms with E-state index in [4.69, 9.17) is 5.11 Å². The molecule has 2 rings (SSSR count). The van der Waals surface area contributed by atoms with E-state index in [0.717, 1.165) is 25.9 Å². The number of rotatable bonds is 5. The SMILES string of the molecule is O=C(O)C[C@H](CC(=O)N1CCCC1)c1ccc(F)cc1. The van der Waals surface area contributed by atoms with Crippen LogP contribution in [0, 0.1) is 5.82 Å². The Morgan fingerprint density at radius 1 is 1.15 bits per heavy atom. The highest BCUT2D eigenvalue weighted by molar-refractivity contribution is 5.78. The molecule has 1 fully saturated rings. The number of amides is 1. The van der Waals surface area contributed by atoms with E-state index in [9.17, 15) is 14.0 Å². The summed E-state index contributed by atoms with van der Waals surface area (Å²) in [6.07, 6.45) is 2.06. The monoisotopic (exact) mass is 279 g/mol. The van der Waals surface area contributed by atoms with E-state index >= 15 is 0 Å². The van der Waals surface area contributed by atoms with Crippen molar-refractivity contribution < 1.29 is 19.1 Å². The number of hydrogen-bond donors (Lipinski definition) is 1. The summed E-state index contributed by atoms with van der Waals surface area (Å²) in [7, 11) is 0. The van der Waals surface area contributed by atoms with E-state index in [1.165, 1.54) is 12.1 Å². The van der Waals surface area contributed by atoms with Crippen molar-refractivity contribution in [2.75, 3.05) is 13.1 Å². The Morgan fingerprint density at radius 3 is 2.30 bits per heavy atom. The standard InChI is InChI=1S/C15H18FNO3/c16-13-5-3-11(4-6-13)12(10-15(19)20)9-14(18)17-7-1-2-8-17/h3-6,12H,1-2,7-10H2,(H,19,20)/t12-/m0/s1. The number of carboxylic acid groups (broad SMARTS) is 1. The molecule has 1 aromatic rings. The minimum atomic E-state index is -0.950. The molecule has 0 aliphatic carbocycles. The van der Waals surface area contributed by atoms with Crippen LogP contribution in [0.3, 0.4) is 0 Å². The number of nitrogens with zero attached hydrogens (tertiary/aromatic N) is 1. The van der Waals surface area contributed by atoms with Crippen LogP contribution in [0.5, 0.6) is 0 Å². The molecular weight excluding hydrogens is 261 g/mol. The fourth-order valence-electron chi connectivity index (χ4n) is 2.56. The Labute approximate surface area is 117 Å². The van der Waals surface area contributed by atoms with Crippen LogP contribution in [0.25, 0.3) is 0 Å². The van der Waals surface area contributed by atoms with Crippen LogP contribution in [0.2, 0.25) is 0 Å². The van der Waals surface area contributed by atoms with Crippen LogP contribution in [0.4, 0.5) is 4.39 Å². The molecule has 4 nitrogen and oxygen atoms in total. The second-order valence-electron chi connectivity index (χ2n) is 5.14. The van der Waals surface area contributed by atoms with Gasteiger partial charge in [-0.25, -0.2) is 4.39 Å². The second-order valence-corrected chi connectivity index (χ2v) is 5.14. The zero-order chi connectivity index (χ0) is 14.5. The summed E-state index contributed by atoms with van der Waals surface area (Å²) in [6.45, 7) is 1.50. The summed E-state index contributed by atoms with van der Waals surface area (Å²) < 4.78 is 12.9. The third-order valence-electron chi connectivity index (χ3n) is 3.64. The second kappa shape index (κ2) is 6.50. The highest BCUT2D eigenvalue weighted by Crippen LogP contribution is 2.25. The zero-order valence-electron chi connectivity index (χ0n) is 11.2. The molecule has 1 aromatic carbocycles. The molecule has 1 aliphatic heterocycles. The minimum Gasteiger partial charge on any atom is -0.481 e. The molecule has 20 heavy (non-hydrogen) atoms. The molecule has 1 saturated heterocycles. The smallest absolute Gasteiger partial charge is 0.303 e. The molecule has 0 radical (unpaired) electrons. The Morgan fingerprint density at radius 2 is 1.75 bits per heavy atom. The number of carbonyl (C=O) groups excluding carboxylic acids is 1. The van der Waals surface area contributed by atoms with Gasteiger partial charge in [0.1, 0.15) is 5.82 Å². The Hall–Kier alpha value is -1.91. The van der Waals surface area contributed by atoms with Crippen LogP contribution in [-0.4, -0.2) is 35.0 Å². The first-order valence-corrected chi connectivity index (χ1v) is 6.81. The molecule has 1 aliphatic rings. The van der Waals surface area contributed by atoms with E-state index in [2.05, 4.69) is 0 Å². The average Bonchev–Trinajstić information content (AvgIpc) is 2.92. The zero-order valence-corrected chi connectivity index (χ0v) is 11.2. The number of hydrogen-bond acceptors (Lipinski definition) is 2. The molecule has 0 aromatic heterocycles. The molecule has 0 unspecified atom stereocenters. The van der Waals surface area contributed by atoms with E-state index < -0.39 is 11.9 Å². The third-order valence-corrected chi connectivity index (χ3v) is 3.64. The fourth-order valence-corrected chi connectivity index (χ4v) is 2.56. The summed E-state index contributed by atoms with van der Waals surface area (Å²) in [5.41, 5.74) is 0.696. The van der Waals surface area contributed by atoms with Crippen molar-refractivity contribution in [1.29, 1.82) is 0 Å². The highest BCUT2D eigenvalue weighted by atomic mass is 19.1. The van der Waals surface area contributed by atoms with Crippen molar-refractivity contribution in [3.05, 3.63) is 35.6 Å². The first kappa shape index (κ1) is 14.5. The van der Waals surface area contributed by atoms with Gasteiger partial charge >= 0.3 is 5.97 Å². The molecule has 108 valence electrons. The topological polar surface area (TPSA) is 57.6 Å². The molecule has 1 atom stereocenters. The van der Waals surface area contributed by atoms with Gasteiger partial charge in [0.05, 0.1) is 6.42 Å². The molecular formula is C15H18FNO3. The lowest BCUT2D eigenvalue weighted by atomic mass is 9.92. The number of carboxylic acids is 1. The maximum absolute atomic E-state index is 12.9. The van der Waals surface area contributed by atoms with Crippen molar-refractivity contribution in [3.63, 3.8) is 0 Å². The first-order chi connectivity index (χ1) is 9.56. The Kier molecular flexibility index (Phi) is 4.71. The number of carbonyl (C=O) groups is 2. The van der Waals surface area contributed by atoms with E-state index in [1.54, 1.807) is 17.0 Å². The van der Waals surface area contributed by atoms with E-state index in [0.29, 0.717) is 5.56 Å². The maximum Gasteiger partial charge on any atom is 0.303 e. The predicted molar refractivity (Wildman–Crippen MR) is 71.8 cm³/mol. The lowest BCUT2D eigenvalue weighted by Crippen LogP contribution is -2.29. The van der Waals surface area contributed by atoms with Crippen molar-refractivity contribution in [1.82, 2.24) is 4.90 Å². The van der Waals surface area contributed by atoms with Gasteiger partial charge in [0, 0.05) is 25.4 Å². The van der Waals surface area contributed by atoms with Gasteiger partial charge in [-0.05, 0) is 30.5 Å². The van der Waals surface area contributed by atoms with Gasteiger partial charge in [-0.1, -0.05) is 12.1 Å². The maximum atomic E-state index is 12.9. The lowest BCUT2D eigenvalue weighted by Gasteiger charge is -2.20. The van der Waals surface area contributed by atoms with Crippen LogP contribution >= 0.6 is 0 Å². The van der Waals surface area contributed by atoms with Crippen LogP contribution in [0.1, 0.15) is 37.2 Å². The summed E-state index contributed by atoms with van der Waals surface area (Å²) in [5, 5.41) is 8.98. The largest absolute Gasteiger partial charge is 0.481 e. The normalized spacial score (nSPS) is 16.1. The van der Waals surface area contributed by atoms with E-state index in [1.807, 2.05) is 0 Å². The molecule has 0 saturated carbocycles. The number of aliphatic carboxylic acids is 1. The van der Waals surface area contributed by atoms with Gasteiger partial charge < -0.3 is 10.0 Å². The molecule has 0 bridgehead atoms. The van der Waals surface area contributed by atoms with Crippen molar-refractivity contribution in [2.24, 2.45) is 0 Å². The predicted octanol–water partition coefficient (Wildman–Crippen LogP) is 2.40. The third kappa shape index (κ3) is 3.79.